The van der Waals surface area contributed by atoms with E-state index in [1.165, 1.54) is 18.6 Å². The Hall–Kier alpha value is -3.82. The first-order chi connectivity index (χ1) is 17.4. The number of alkyl halides is 3. The summed E-state index contributed by atoms with van der Waals surface area (Å²) in [5, 5.41) is 15.9. The largest absolute Gasteiger partial charge is 0.508 e. The lowest BCUT2D eigenvalue weighted by Crippen LogP contribution is -2.13. The van der Waals surface area contributed by atoms with E-state index in [9.17, 15) is 18.3 Å². The van der Waals surface area contributed by atoms with E-state index >= 15 is 0 Å². The van der Waals surface area contributed by atoms with Gasteiger partial charge in [0.05, 0.1) is 11.9 Å². The van der Waals surface area contributed by atoms with Gasteiger partial charge in [-0.25, -0.2) is 4.98 Å². The lowest BCUT2D eigenvalue weighted by atomic mass is 9.95. The highest BCUT2D eigenvalue weighted by Gasteiger charge is 2.30. The molecule has 2 aromatic carbocycles. The van der Waals surface area contributed by atoms with Crippen molar-refractivity contribution in [1.82, 2.24) is 19.5 Å². The molecule has 0 unspecified atom stereocenters. The van der Waals surface area contributed by atoms with Gasteiger partial charge in [0.1, 0.15) is 5.75 Å². The van der Waals surface area contributed by atoms with Crippen molar-refractivity contribution in [2.45, 2.75) is 50.7 Å². The minimum atomic E-state index is -4.39. The first-order valence-electron chi connectivity index (χ1n) is 12.1. The van der Waals surface area contributed by atoms with Crippen LogP contribution in [0.5, 0.6) is 5.75 Å². The summed E-state index contributed by atoms with van der Waals surface area (Å²) >= 11 is 0. The molecule has 3 N–H and O–H groups in total. The average molecular weight is 497 g/mol. The normalized spacial score (nSPS) is 14.8. The molecule has 2 heterocycles. The number of hydrogen-bond acceptors (Lipinski definition) is 6. The molecule has 0 saturated heterocycles. The van der Waals surface area contributed by atoms with Crippen molar-refractivity contribution >= 4 is 28.6 Å². The van der Waals surface area contributed by atoms with Crippen LogP contribution in [0.25, 0.3) is 11.2 Å². The molecule has 1 fully saturated rings. The first-order valence-corrected chi connectivity index (χ1v) is 12.1. The molecule has 0 radical (unpaired) electrons. The molecule has 36 heavy (non-hydrogen) atoms. The minimum Gasteiger partial charge on any atom is -0.508 e. The summed E-state index contributed by atoms with van der Waals surface area (Å²) in [6, 6.07) is 12.1. The summed E-state index contributed by atoms with van der Waals surface area (Å²) in [6.45, 7) is 0.576. The van der Waals surface area contributed by atoms with E-state index in [1.807, 2.05) is 18.5 Å². The Kier molecular flexibility index (Phi) is 6.67. The van der Waals surface area contributed by atoms with E-state index in [0.717, 1.165) is 43.4 Å². The van der Waals surface area contributed by atoms with Crippen molar-refractivity contribution in [3.05, 3.63) is 66.0 Å². The Bertz CT molecular complexity index is 1310. The summed E-state index contributed by atoms with van der Waals surface area (Å²) in [7, 11) is 0. The standard InChI is InChI=1S/C26H27F3N6O/c27-26(28,29)18-8-10-19(11-9-18)32-25-33-23(30-15-14-17-6-12-21(36)13-7-17)22-24(34-25)35(16-31-22)20-4-2-1-3-5-20/h6-13,16,20,36H,1-5,14-15H2,(H2,30,32,33,34). The van der Waals surface area contributed by atoms with Gasteiger partial charge in [0, 0.05) is 18.3 Å². The van der Waals surface area contributed by atoms with E-state index in [0.29, 0.717) is 41.7 Å². The summed E-state index contributed by atoms with van der Waals surface area (Å²) in [6.07, 6.45) is 3.77. The van der Waals surface area contributed by atoms with Crippen LogP contribution in [0.1, 0.15) is 49.3 Å². The van der Waals surface area contributed by atoms with Crippen LogP contribution in [0, 0.1) is 0 Å². The second-order valence-electron chi connectivity index (χ2n) is 9.06. The van der Waals surface area contributed by atoms with Gasteiger partial charge in [-0.3, -0.25) is 0 Å². The van der Waals surface area contributed by atoms with Crippen molar-refractivity contribution < 1.29 is 18.3 Å². The highest BCUT2D eigenvalue weighted by Crippen LogP contribution is 2.33. The van der Waals surface area contributed by atoms with Crippen LogP contribution >= 0.6 is 0 Å². The van der Waals surface area contributed by atoms with Gasteiger partial charge in [0.15, 0.2) is 17.0 Å². The molecule has 0 bridgehead atoms. The van der Waals surface area contributed by atoms with Crippen LogP contribution in [-0.4, -0.2) is 31.2 Å². The van der Waals surface area contributed by atoms with Crippen molar-refractivity contribution in [3.8, 4) is 5.75 Å². The summed E-state index contributed by atoms with van der Waals surface area (Å²) in [4.78, 5) is 13.9. The van der Waals surface area contributed by atoms with Crippen molar-refractivity contribution in [2.75, 3.05) is 17.2 Å². The zero-order chi connectivity index (χ0) is 25.1. The van der Waals surface area contributed by atoms with Crippen LogP contribution in [0.2, 0.25) is 0 Å². The van der Waals surface area contributed by atoms with E-state index in [2.05, 4.69) is 25.2 Å². The second kappa shape index (κ2) is 10.0. The molecule has 0 atom stereocenters. The quantitative estimate of drug-likeness (QED) is 0.272. The zero-order valence-corrected chi connectivity index (χ0v) is 19.6. The van der Waals surface area contributed by atoms with Crippen LogP contribution in [0.15, 0.2) is 54.9 Å². The van der Waals surface area contributed by atoms with Gasteiger partial charge in [-0.15, -0.1) is 0 Å². The summed E-state index contributed by atoms with van der Waals surface area (Å²) < 4.78 is 40.9. The monoisotopic (exact) mass is 496 g/mol. The number of aromatic hydroxyl groups is 1. The Morgan fingerprint density at radius 3 is 2.36 bits per heavy atom. The fourth-order valence-electron chi connectivity index (χ4n) is 4.58. The van der Waals surface area contributed by atoms with Gasteiger partial charge < -0.3 is 20.3 Å². The van der Waals surface area contributed by atoms with Gasteiger partial charge in [0.25, 0.3) is 0 Å². The number of anilines is 3. The van der Waals surface area contributed by atoms with Crippen molar-refractivity contribution in [2.24, 2.45) is 0 Å². The molecule has 2 aromatic heterocycles. The molecule has 188 valence electrons. The number of fused-ring (bicyclic) bond motifs is 1. The maximum atomic E-state index is 12.9. The van der Waals surface area contributed by atoms with Crippen LogP contribution in [0.3, 0.4) is 0 Å². The van der Waals surface area contributed by atoms with Crippen molar-refractivity contribution in [1.29, 1.82) is 0 Å². The van der Waals surface area contributed by atoms with Gasteiger partial charge in [-0.05, 0) is 61.2 Å². The smallest absolute Gasteiger partial charge is 0.416 e. The maximum absolute atomic E-state index is 12.9. The molecular weight excluding hydrogens is 469 g/mol. The van der Waals surface area contributed by atoms with E-state index in [-0.39, 0.29) is 11.7 Å². The van der Waals surface area contributed by atoms with Gasteiger partial charge in [-0.2, -0.15) is 23.1 Å². The average Bonchev–Trinajstić information content (AvgIpc) is 3.30. The number of benzene rings is 2. The number of phenols is 1. The second-order valence-corrected chi connectivity index (χ2v) is 9.06. The van der Waals surface area contributed by atoms with Gasteiger partial charge in [0.2, 0.25) is 5.95 Å². The molecular formula is C26H27F3N6O. The Labute approximate surface area is 206 Å². The summed E-state index contributed by atoms with van der Waals surface area (Å²) in [5.41, 5.74) is 2.15. The predicted molar refractivity (Wildman–Crippen MR) is 132 cm³/mol. The van der Waals surface area contributed by atoms with Crippen LogP contribution in [-0.2, 0) is 12.6 Å². The van der Waals surface area contributed by atoms with Crippen LogP contribution in [0.4, 0.5) is 30.6 Å². The molecule has 1 saturated carbocycles. The summed E-state index contributed by atoms with van der Waals surface area (Å²) in [5.74, 6) is 1.06. The highest BCUT2D eigenvalue weighted by molar-refractivity contribution is 5.84. The molecule has 0 amide bonds. The molecule has 0 aliphatic heterocycles. The number of nitrogens with zero attached hydrogens (tertiary/aromatic N) is 4. The molecule has 10 heteroatoms. The lowest BCUT2D eigenvalue weighted by Gasteiger charge is -2.23. The molecule has 7 nitrogen and oxygen atoms in total. The lowest BCUT2D eigenvalue weighted by molar-refractivity contribution is -0.137. The third-order valence-corrected chi connectivity index (χ3v) is 6.50. The Morgan fingerprint density at radius 2 is 1.67 bits per heavy atom. The first kappa shape index (κ1) is 23.9. The Balaban J connectivity index is 1.42. The number of phenolic OH excluding ortho intramolecular Hbond substituents is 1. The van der Waals surface area contributed by atoms with E-state index in [1.54, 1.807) is 12.1 Å². The zero-order valence-electron chi connectivity index (χ0n) is 19.6. The van der Waals surface area contributed by atoms with E-state index < -0.39 is 11.7 Å². The number of halogens is 3. The molecule has 4 aromatic rings. The van der Waals surface area contributed by atoms with Gasteiger partial charge in [-0.1, -0.05) is 31.4 Å². The number of hydrogen-bond donors (Lipinski definition) is 3. The Morgan fingerprint density at radius 1 is 0.944 bits per heavy atom. The highest BCUT2D eigenvalue weighted by atomic mass is 19.4. The fourth-order valence-corrected chi connectivity index (χ4v) is 4.58. The number of aromatic nitrogens is 4. The van der Waals surface area contributed by atoms with E-state index in [4.69, 9.17) is 4.98 Å². The molecule has 5 rings (SSSR count). The number of nitrogens with one attached hydrogen (secondary N) is 2. The molecule has 1 aliphatic rings. The van der Waals surface area contributed by atoms with Crippen LogP contribution < -0.4 is 10.6 Å². The van der Waals surface area contributed by atoms with Gasteiger partial charge >= 0.3 is 6.18 Å². The third-order valence-electron chi connectivity index (χ3n) is 6.50. The number of imidazole rings is 1. The number of rotatable bonds is 7. The predicted octanol–water partition coefficient (Wildman–Crippen LogP) is 6.45. The molecule has 1 aliphatic carbocycles. The SMILES string of the molecule is Oc1ccc(CCNc2nc(Nc3ccc(C(F)(F)F)cc3)nc3c2ncn3C2CCCCC2)cc1. The fraction of sp³-hybridized carbons (Fsp3) is 0.346. The third kappa shape index (κ3) is 5.37. The molecule has 0 spiro atoms. The topological polar surface area (TPSA) is 87.9 Å². The maximum Gasteiger partial charge on any atom is 0.416 e. The van der Waals surface area contributed by atoms with Crippen molar-refractivity contribution in [3.63, 3.8) is 0 Å². The minimum absolute atomic E-state index is 0.219.